The number of unbranched alkanes of at least 4 members (excludes halogenated alkanes) is 27. The summed E-state index contributed by atoms with van der Waals surface area (Å²) in [5.41, 5.74) is 5.35. The standard InChI is InChI=1S/C31H64N2S/c1-2-3-4-5-6-7-8-9-10-11-12-13-14-15-16-17-18-19-20-21-22-23-24-25-26-27-28-29-30-34-31(32)33/h2-30H2,1H3,(H3,32,33). The molecule has 0 aliphatic carbocycles. The maximum Gasteiger partial charge on any atom is 0.151 e. The van der Waals surface area contributed by atoms with Gasteiger partial charge < -0.3 is 5.73 Å². The molecule has 0 aromatic heterocycles. The highest BCUT2D eigenvalue weighted by Crippen LogP contribution is 2.16. The highest BCUT2D eigenvalue weighted by atomic mass is 32.2. The zero-order chi connectivity index (χ0) is 24.8. The van der Waals surface area contributed by atoms with Crippen LogP contribution in [0.1, 0.15) is 187 Å². The molecule has 0 spiro atoms. The summed E-state index contributed by atoms with van der Waals surface area (Å²) in [4.78, 5) is 0. The molecule has 3 N–H and O–H groups in total. The minimum Gasteiger partial charge on any atom is -0.379 e. The molecular formula is C31H64N2S. The van der Waals surface area contributed by atoms with E-state index in [2.05, 4.69) is 6.92 Å². The van der Waals surface area contributed by atoms with E-state index in [1.807, 2.05) is 0 Å². The van der Waals surface area contributed by atoms with Crippen molar-refractivity contribution in [3.05, 3.63) is 0 Å². The summed E-state index contributed by atoms with van der Waals surface area (Å²) < 4.78 is 0. The van der Waals surface area contributed by atoms with Crippen LogP contribution in [0.15, 0.2) is 0 Å². The van der Waals surface area contributed by atoms with Crippen molar-refractivity contribution < 1.29 is 0 Å². The third-order valence-electron chi connectivity index (χ3n) is 7.26. The van der Waals surface area contributed by atoms with Gasteiger partial charge in [-0.15, -0.1) is 0 Å². The van der Waals surface area contributed by atoms with E-state index >= 15 is 0 Å². The van der Waals surface area contributed by atoms with Gasteiger partial charge in [0.25, 0.3) is 0 Å². The number of nitrogens with two attached hydrogens (primary N) is 1. The summed E-state index contributed by atoms with van der Waals surface area (Å²) in [7, 11) is 0. The lowest BCUT2D eigenvalue weighted by atomic mass is 10.0. The fraction of sp³-hybridized carbons (Fsp3) is 0.968. The Kier molecular flexibility index (Phi) is 30.7. The Balaban J connectivity index is 3.01. The Morgan fingerprint density at radius 1 is 0.412 bits per heavy atom. The molecule has 204 valence electrons. The van der Waals surface area contributed by atoms with Crippen molar-refractivity contribution in [2.24, 2.45) is 5.73 Å². The predicted molar refractivity (Wildman–Crippen MR) is 159 cm³/mol. The molecule has 2 nitrogen and oxygen atoms in total. The van der Waals surface area contributed by atoms with Gasteiger partial charge in [0.2, 0.25) is 0 Å². The van der Waals surface area contributed by atoms with Crippen LogP contribution in [0.25, 0.3) is 0 Å². The van der Waals surface area contributed by atoms with Gasteiger partial charge in [-0.2, -0.15) is 0 Å². The van der Waals surface area contributed by atoms with Gasteiger partial charge in [-0.1, -0.05) is 192 Å². The summed E-state index contributed by atoms with van der Waals surface area (Å²) in [6.07, 6.45) is 40.4. The molecule has 0 aromatic carbocycles. The number of rotatable bonds is 29. The van der Waals surface area contributed by atoms with Crippen molar-refractivity contribution in [1.29, 1.82) is 5.41 Å². The van der Waals surface area contributed by atoms with Gasteiger partial charge in [-0.25, -0.2) is 0 Å². The molecule has 0 bridgehead atoms. The molecule has 0 saturated carbocycles. The van der Waals surface area contributed by atoms with Crippen molar-refractivity contribution in [2.45, 2.75) is 187 Å². The van der Waals surface area contributed by atoms with Gasteiger partial charge in [0.1, 0.15) is 0 Å². The van der Waals surface area contributed by atoms with E-state index < -0.39 is 0 Å². The summed E-state index contributed by atoms with van der Waals surface area (Å²) in [5.74, 6) is 1.02. The fourth-order valence-electron chi connectivity index (χ4n) is 4.95. The molecule has 34 heavy (non-hydrogen) atoms. The highest BCUT2D eigenvalue weighted by Gasteiger charge is 1.97. The van der Waals surface area contributed by atoms with Crippen LogP contribution in [-0.4, -0.2) is 10.9 Å². The second-order valence-corrected chi connectivity index (χ2v) is 11.9. The molecule has 0 amide bonds. The van der Waals surface area contributed by atoms with Crippen molar-refractivity contribution in [3.63, 3.8) is 0 Å². The number of amidine groups is 1. The van der Waals surface area contributed by atoms with Crippen molar-refractivity contribution in [3.8, 4) is 0 Å². The fourth-order valence-corrected chi connectivity index (χ4v) is 5.52. The van der Waals surface area contributed by atoms with Crippen molar-refractivity contribution in [2.75, 3.05) is 5.75 Å². The zero-order valence-electron chi connectivity index (χ0n) is 23.5. The minimum atomic E-state index is 0.269. The smallest absolute Gasteiger partial charge is 0.151 e. The third kappa shape index (κ3) is 31.8. The average molecular weight is 497 g/mol. The molecule has 3 heteroatoms. The normalized spacial score (nSPS) is 11.3. The first-order chi connectivity index (χ1) is 16.8. The van der Waals surface area contributed by atoms with Gasteiger partial charge in [-0.05, 0) is 6.42 Å². The minimum absolute atomic E-state index is 0.269. The van der Waals surface area contributed by atoms with E-state index in [4.69, 9.17) is 11.1 Å². The quantitative estimate of drug-likeness (QED) is 0.0614. The topological polar surface area (TPSA) is 49.9 Å². The summed E-state index contributed by atoms with van der Waals surface area (Å²) in [6.45, 7) is 2.30. The van der Waals surface area contributed by atoms with E-state index in [0.717, 1.165) is 5.75 Å². The largest absolute Gasteiger partial charge is 0.379 e. The second kappa shape index (κ2) is 30.9. The van der Waals surface area contributed by atoms with E-state index in [1.165, 1.54) is 192 Å². The summed E-state index contributed by atoms with van der Waals surface area (Å²) in [6, 6.07) is 0. The van der Waals surface area contributed by atoms with Crippen molar-refractivity contribution >= 4 is 16.9 Å². The molecule has 0 aliphatic rings. The van der Waals surface area contributed by atoms with Crippen molar-refractivity contribution in [1.82, 2.24) is 0 Å². The lowest BCUT2D eigenvalue weighted by molar-refractivity contribution is 0.514. The lowest BCUT2D eigenvalue weighted by Gasteiger charge is -2.04. The zero-order valence-corrected chi connectivity index (χ0v) is 24.3. The average Bonchev–Trinajstić information content (AvgIpc) is 2.83. The van der Waals surface area contributed by atoms with Crippen LogP contribution in [0.4, 0.5) is 0 Å². The number of thioether (sulfide) groups is 1. The van der Waals surface area contributed by atoms with Crippen LogP contribution in [0.3, 0.4) is 0 Å². The molecule has 0 radical (unpaired) electrons. The van der Waals surface area contributed by atoms with Crippen LogP contribution in [0.2, 0.25) is 0 Å². The van der Waals surface area contributed by atoms with Gasteiger partial charge in [0.05, 0.1) is 0 Å². The van der Waals surface area contributed by atoms with Crippen LogP contribution in [0.5, 0.6) is 0 Å². The van der Waals surface area contributed by atoms with Crippen LogP contribution < -0.4 is 5.73 Å². The first-order valence-electron chi connectivity index (χ1n) is 15.7. The Morgan fingerprint density at radius 2 is 0.618 bits per heavy atom. The molecule has 0 rings (SSSR count). The number of hydrogen-bond acceptors (Lipinski definition) is 2. The van der Waals surface area contributed by atoms with E-state index in [-0.39, 0.29) is 5.17 Å². The first kappa shape index (κ1) is 33.8. The van der Waals surface area contributed by atoms with Gasteiger partial charge >= 0.3 is 0 Å². The first-order valence-corrected chi connectivity index (χ1v) is 16.7. The molecular weight excluding hydrogens is 432 g/mol. The Bertz CT molecular complexity index is 386. The SMILES string of the molecule is CCCCCCCCCCCCCCCCCCCCCCCCCCCCCCSC(=N)N. The predicted octanol–water partition coefficient (Wildman–Crippen LogP) is 11.6. The Labute approximate surface area is 220 Å². The maximum atomic E-state index is 7.18. The lowest BCUT2D eigenvalue weighted by Crippen LogP contribution is -2.04. The van der Waals surface area contributed by atoms with Crippen LogP contribution in [-0.2, 0) is 0 Å². The summed E-state index contributed by atoms with van der Waals surface area (Å²) in [5, 5.41) is 7.45. The molecule has 0 atom stereocenters. The molecule has 0 aromatic rings. The van der Waals surface area contributed by atoms with E-state index in [1.54, 1.807) is 0 Å². The molecule has 0 heterocycles. The third-order valence-corrected chi connectivity index (χ3v) is 8.06. The monoisotopic (exact) mass is 496 g/mol. The molecule has 0 unspecified atom stereocenters. The van der Waals surface area contributed by atoms with Crippen LogP contribution >= 0.6 is 11.8 Å². The molecule has 0 fully saturated rings. The Hall–Kier alpha value is -0.180. The number of nitrogens with one attached hydrogen (secondary N) is 1. The maximum absolute atomic E-state index is 7.18. The number of hydrogen-bond donors (Lipinski definition) is 2. The molecule has 0 aliphatic heterocycles. The van der Waals surface area contributed by atoms with Gasteiger partial charge in [-0.3, -0.25) is 5.41 Å². The van der Waals surface area contributed by atoms with E-state index in [9.17, 15) is 0 Å². The van der Waals surface area contributed by atoms with Crippen LogP contribution in [0, 0.1) is 5.41 Å². The van der Waals surface area contributed by atoms with Gasteiger partial charge in [0, 0.05) is 5.75 Å². The Morgan fingerprint density at radius 3 is 0.824 bits per heavy atom. The van der Waals surface area contributed by atoms with Gasteiger partial charge in [0.15, 0.2) is 5.17 Å². The molecule has 0 saturated heterocycles. The van der Waals surface area contributed by atoms with E-state index in [0.29, 0.717) is 0 Å². The summed E-state index contributed by atoms with van der Waals surface area (Å²) >= 11 is 1.49. The second-order valence-electron chi connectivity index (χ2n) is 10.8. The highest BCUT2D eigenvalue weighted by molar-refractivity contribution is 8.13.